The van der Waals surface area contributed by atoms with E-state index in [9.17, 15) is 18.8 Å². The summed E-state index contributed by atoms with van der Waals surface area (Å²) in [6.45, 7) is 13.2. The van der Waals surface area contributed by atoms with E-state index in [1.54, 1.807) is 12.2 Å². The van der Waals surface area contributed by atoms with E-state index in [1.165, 1.54) is 5.69 Å². The third kappa shape index (κ3) is 5.19. The molecule has 1 aromatic carbocycles. The Morgan fingerprint density at radius 1 is 1.15 bits per heavy atom. The van der Waals surface area contributed by atoms with Crippen LogP contribution in [-0.4, -0.2) is 48.8 Å². The number of Topliss-reactive ketones (excluding diaryl/α,β-unsaturated/α-hetero) is 1. The van der Waals surface area contributed by atoms with Crippen LogP contribution in [0.2, 0.25) is 0 Å². The molecule has 5 nitrogen and oxygen atoms in total. The number of nitrogens with one attached hydrogen (secondary N) is 1. The van der Waals surface area contributed by atoms with E-state index in [-0.39, 0.29) is 18.6 Å². The van der Waals surface area contributed by atoms with Gasteiger partial charge in [-0.2, -0.15) is 5.26 Å². The molecule has 0 saturated carbocycles. The van der Waals surface area contributed by atoms with Crippen LogP contribution < -0.4 is 10.2 Å². The number of allylic oxidation sites excluding steroid dienone is 6. The molecule has 0 unspecified atom stereocenters. The highest BCUT2D eigenvalue weighted by molar-refractivity contribution is 6.12. The predicted octanol–water partition coefficient (Wildman–Crippen LogP) is 6.19. The summed E-state index contributed by atoms with van der Waals surface area (Å²) in [5.74, 6) is -2.50. The van der Waals surface area contributed by atoms with Crippen molar-refractivity contribution in [1.82, 2.24) is 10.2 Å². The van der Waals surface area contributed by atoms with Gasteiger partial charge < -0.3 is 10.2 Å². The van der Waals surface area contributed by atoms with Crippen molar-refractivity contribution in [3.05, 3.63) is 76.2 Å². The van der Waals surface area contributed by atoms with Crippen LogP contribution in [0.25, 0.3) is 0 Å². The number of hydrogen-bond donors (Lipinski definition) is 1. The molecule has 0 spiro atoms. The van der Waals surface area contributed by atoms with Crippen LogP contribution >= 0.6 is 0 Å². The van der Waals surface area contributed by atoms with Gasteiger partial charge in [0, 0.05) is 78.7 Å². The Hall–Kier alpha value is -3.24. The van der Waals surface area contributed by atoms with Crippen molar-refractivity contribution in [2.45, 2.75) is 76.7 Å². The zero-order valence-electron chi connectivity index (χ0n) is 23.2. The van der Waals surface area contributed by atoms with Crippen LogP contribution in [-0.2, 0) is 11.8 Å². The third-order valence-electron chi connectivity index (χ3n) is 8.93. The minimum Gasteiger partial charge on any atom is -0.371 e. The molecule has 39 heavy (non-hydrogen) atoms. The molecule has 0 amide bonds. The number of carbonyl (C=O) groups excluding carboxylic acids is 1. The van der Waals surface area contributed by atoms with Crippen molar-refractivity contribution in [1.29, 1.82) is 5.26 Å². The molecular formula is C32H38F2N4O. The highest BCUT2D eigenvalue weighted by atomic mass is 19.3. The fraction of sp³-hybridized carbons (Fsp3) is 0.500. The first kappa shape index (κ1) is 27.3. The molecule has 5 rings (SSSR count). The maximum Gasteiger partial charge on any atom is 0.250 e. The molecular weight excluding hydrogens is 494 g/mol. The number of hydrogen-bond acceptors (Lipinski definition) is 5. The first-order valence-corrected chi connectivity index (χ1v) is 14.1. The minimum atomic E-state index is -2.52. The van der Waals surface area contributed by atoms with Gasteiger partial charge in [0.2, 0.25) is 0 Å². The van der Waals surface area contributed by atoms with Gasteiger partial charge >= 0.3 is 0 Å². The first-order valence-electron chi connectivity index (χ1n) is 14.1. The molecule has 0 radical (unpaired) electrons. The van der Waals surface area contributed by atoms with Crippen LogP contribution in [0.4, 0.5) is 14.5 Å². The Morgan fingerprint density at radius 3 is 2.49 bits per heavy atom. The number of fused-ring (bicyclic) bond motifs is 1. The Kier molecular flexibility index (Phi) is 7.28. The number of rotatable bonds is 3. The smallest absolute Gasteiger partial charge is 0.250 e. The second kappa shape index (κ2) is 10.4. The molecule has 3 heterocycles. The van der Waals surface area contributed by atoms with Crippen LogP contribution in [0, 0.1) is 11.3 Å². The summed E-state index contributed by atoms with van der Waals surface area (Å²) in [5.41, 5.74) is 6.20. The van der Waals surface area contributed by atoms with E-state index in [2.05, 4.69) is 60.7 Å². The van der Waals surface area contributed by atoms with Gasteiger partial charge in [-0.1, -0.05) is 33.4 Å². The number of nitriles is 1. The van der Waals surface area contributed by atoms with Crippen LogP contribution in [0.1, 0.15) is 74.4 Å². The van der Waals surface area contributed by atoms with Crippen LogP contribution in [0.5, 0.6) is 0 Å². The molecule has 0 aromatic heterocycles. The first-order chi connectivity index (χ1) is 18.5. The largest absolute Gasteiger partial charge is 0.371 e. The number of aryl methyl sites for hydroxylation is 1. The number of piperidine rings is 2. The van der Waals surface area contributed by atoms with Crippen molar-refractivity contribution >= 4 is 11.5 Å². The normalized spacial score (nSPS) is 25.7. The topological polar surface area (TPSA) is 59.4 Å². The van der Waals surface area contributed by atoms with Gasteiger partial charge in [0.1, 0.15) is 0 Å². The van der Waals surface area contributed by atoms with E-state index < -0.39 is 11.3 Å². The number of anilines is 1. The number of halogens is 2. The number of ketones is 1. The van der Waals surface area contributed by atoms with Gasteiger partial charge in [0.25, 0.3) is 5.92 Å². The number of alkyl halides is 2. The van der Waals surface area contributed by atoms with E-state index in [4.69, 9.17) is 0 Å². The van der Waals surface area contributed by atoms with Gasteiger partial charge in [-0.3, -0.25) is 9.69 Å². The summed E-state index contributed by atoms with van der Waals surface area (Å²) in [7, 11) is 0. The summed E-state index contributed by atoms with van der Waals surface area (Å²) in [4.78, 5) is 18.6. The lowest BCUT2D eigenvalue weighted by Gasteiger charge is -2.43. The maximum atomic E-state index is 13.9. The predicted molar refractivity (Wildman–Crippen MR) is 151 cm³/mol. The second-order valence-corrected chi connectivity index (χ2v) is 11.8. The summed E-state index contributed by atoms with van der Waals surface area (Å²) >= 11 is 0. The molecule has 1 N–H and O–H groups in total. The molecule has 4 aliphatic rings. The monoisotopic (exact) mass is 532 g/mol. The van der Waals surface area contributed by atoms with Gasteiger partial charge in [0.05, 0.1) is 11.6 Å². The number of carbonyl (C=O) groups is 1. The maximum absolute atomic E-state index is 13.9. The third-order valence-corrected chi connectivity index (χ3v) is 8.93. The lowest BCUT2D eigenvalue weighted by molar-refractivity contribution is -0.0646. The Morgan fingerprint density at radius 2 is 1.85 bits per heavy atom. The standard InChI is InChI=1S/C32H38F2N4O/c1-5-23-18-26-27(19-28(23)38-13-9-24(10-14-38)37-15-11-32(33,34)12-16-37)31(3,4)30-25(29(26)39)8-6-7-22(20-35)17-21(2)36-30/h6-7,17-19,24,36H,2,5,8-16H2,1,3-4H3/b7-6-,22-17+. The molecule has 2 saturated heterocycles. The van der Waals surface area contributed by atoms with Crippen molar-refractivity contribution in [2.24, 2.45) is 0 Å². The number of benzene rings is 1. The zero-order valence-corrected chi connectivity index (χ0v) is 23.2. The van der Waals surface area contributed by atoms with Crippen molar-refractivity contribution in [2.75, 3.05) is 31.1 Å². The highest BCUT2D eigenvalue weighted by Gasteiger charge is 2.41. The molecule has 206 valence electrons. The number of nitrogens with zero attached hydrogens (tertiary/aromatic N) is 3. The molecule has 7 heteroatoms. The molecule has 1 aromatic rings. The van der Waals surface area contributed by atoms with E-state index in [0.717, 1.165) is 54.7 Å². The average Bonchev–Trinajstić information content (AvgIpc) is 3.00. The van der Waals surface area contributed by atoms with Gasteiger partial charge in [0.15, 0.2) is 5.78 Å². The fourth-order valence-electron chi connectivity index (χ4n) is 6.62. The summed E-state index contributed by atoms with van der Waals surface area (Å²) < 4.78 is 27.3. The van der Waals surface area contributed by atoms with E-state index >= 15 is 0 Å². The second-order valence-electron chi connectivity index (χ2n) is 11.8. The van der Waals surface area contributed by atoms with Crippen molar-refractivity contribution in [3.63, 3.8) is 0 Å². The van der Waals surface area contributed by atoms with E-state index in [1.807, 2.05) is 6.08 Å². The Labute approximate surface area is 230 Å². The molecule has 0 bridgehead atoms. The van der Waals surface area contributed by atoms with E-state index in [0.29, 0.717) is 42.4 Å². The molecule has 3 aliphatic heterocycles. The van der Waals surface area contributed by atoms with Crippen LogP contribution in [0.15, 0.2) is 59.5 Å². The molecule has 1 aliphatic carbocycles. The lowest BCUT2D eigenvalue weighted by atomic mass is 9.69. The highest BCUT2D eigenvalue weighted by Crippen LogP contribution is 2.44. The Bertz CT molecular complexity index is 1310. The quantitative estimate of drug-likeness (QED) is 0.503. The van der Waals surface area contributed by atoms with Gasteiger partial charge in [-0.05, 0) is 61.1 Å². The summed E-state index contributed by atoms with van der Waals surface area (Å²) in [6.07, 6.45) is 8.41. The van der Waals surface area contributed by atoms with Gasteiger partial charge in [-0.15, -0.1) is 0 Å². The summed E-state index contributed by atoms with van der Waals surface area (Å²) in [6, 6.07) is 6.82. The van der Waals surface area contributed by atoms with Gasteiger partial charge in [-0.25, -0.2) is 8.78 Å². The SMILES string of the molecule is C=C1/C=C(C#N)\C=C/CC2=C(N1)C(C)(C)c1cc(N3CCC(N4CCC(F)(F)CC4)CC3)c(CC)cc1C2=O. The average molecular weight is 533 g/mol. The summed E-state index contributed by atoms with van der Waals surface area (Å²) in [5, 5.41) is 12.8. The van der Waals surface area contributed by atoms with Crippen molar-refractivity contribution < 1.29 is 13.6 Å². The molecule has 0 atom stereocenters. The lowest BCUT2D eigenvalue weighted by Crippen LogP contribution is -2.49. The van der Waals surface area contributed by atoms with Crippen LogP contribution in [0.3, 0.4) is 0 Å². The Balaban J connectivity index is 1.43. The van der Waals surface area contributed by atoms with Crippen molar-refractivity contribution in [3.8, 4) is 6.07 Å². The zero-order chi connectivity index (χ0) is 27.9. The number of likely N-dealkylation sites (tertiary alicyclic amines) is 1. The fourth-order valence-corrected chi connectivity index (χ4v) is 6.62. The minimum absolute atomic E-state index is 0.0199. The molecule has 2 fully saturated rings.